The van der Waals surface area contributed by atoms with E-state index in [-0.39, 0.29) is 10.8 Å². The van der Waals surface area contributed by atoms with Gasteiger partial charge in [0.2, 0.25) is 0 Å². The predicted molar refractivity (Wildman–Crippen MR) is 157 cm³/mol. The summed E-state index contributed by atoms with van der Waals surface area (Å²) in [6.45, 7) is 22.2. The normalized spacial score (nSPS) is 14.2. The predicted octanol–water partition coefficient (Wildman–Crippen LogP) is 10.1. The molecular formula is C34H54O2. The maximum atomic E-state index is 11.1. The van der Waals surface area contributed by atoms with Crippen molar-refractivity contribution in [2.45, 2.75) is 143 Å². The lowest BCUT2D eigenvalue weighted by molar-refractivity contribution is 0.418. The molecule has 2 aromatic carbocycles. The molecule has 0 aliphatic heterocycles. The average Bonchev–Trinajstić information content (AvgIpc) is 2.86. The Morgan fingerprint density at radius 3 is 1.22 bits per heavy atom. The van der Waals surface area contributed by atoms with Crippen LogP contribution in [0.3, 0.4) is 0 Å². The lowest BCUT2D eigenvalue weighted by Crippen LogP contribution is -2.17. The number of phenolic OH excluding ortho intramolecular Hbond substituents is 2. The van der Waals surface area contributed by atoms with Crippen molar-refractivity contribution in [1.29, 1.82) is 0 Å². The van der Waals surface area contributed by atoms with E-state index in [1.165, 1.54) is 11.1 Å². The Labute approximate surface area is 222 Å². The summed E-state index contributed by atoms with van der Waals surface area (Å²) in [6.07, 6.45) is 8.34. The summed E-state index contributed by atoms with van der Waals surface area (Å²) in [5.41, 5.74) is 7.02. The summed E-state index contributed by atoms with van der Waals surface area (Å²) in [5, 5.41) is 22.2. The Kier molecular flexibility index (Phi) is 10.5. The Morgan fingerprint density at radius 1 is 0.611 bits per heavy atom. The number of hydrogen-bond donors (Lipinski definition) is 2. The van der Waals surface area contributed by atoms with E-state index in [9.17, 15) is 10.2 Å². The number of hydrogen-bond acceptors (Lipinski definition) is 2. The maximum Gasteiger partial charge on any atom is 0.122 e. The van der Waals surface area contributed by atoms with Crippen molar-refractivity contribution in [3.05, 3.63) is 57.6 Å². The van der Waals surface area contributed by atoms with Gasteiger partial charge < -0.3 is 10.2 Å². The van der Waals surface area contributed by atoms with Crippen LogP contribution >= 0.6 is 0 Å². The Bertz CT molecular complexity index is 917. The summed E-state index contributed by atoms with van der Waals surface area (Å²) < 4.78 is 0. The van der Waals surface area contributed by atoms with Crippen LogP contribution in [0.1, 0.15) is 153 Å². The van der Waals surface area contributed by atoms with Crippen LogP contribution in [-0.2, 0) is 23.7 Å². The molecule has 0 aliphatic rings. The highest BCUT2D eigenvalue weighted by molar-refractivity contribution is 5.50. The van der Waals surface area contributed by atoms with Gasteiger partial charge in [0.25, 0.3) is 0 Å². The van der Waals surface area contributed by atoms with Gasteiger partial charge in [0, 0.05) is 11.1 Å². The van der Waals surface area contributed by atoms with E-state index in [2.05, 4.69) is 93.5 Å². The van der Waals surface area contributed by atoms with E-state index in [0.29, 0.717) is 23.3 Å². The Hall–Kier alpha value is -1.96. The highest BCUT2D eigenvalue weighted by Gasteiger charge is 2.27. The van der Waals surface area contributed by atoms with Crippen LogP contribution in [0.2, 0.25) is 0 Å². The van der Waals surface area contributed by atoms with Crippen LogP contribution in [0.4, 0.5) is 0 Å². The summed E-state index contributed by atoms with van der Waals surface area (Å²) in [6, 6.07) is 9.02. The van der Waals surface area contributed by atoms with Gasteiger partial charge in [-0.3, -0.25) is 0 Å². The first-order valence-electron chi connectivity index (χ1n) is 14.5. The number of benzene rings is 2. The van der Waals surface area contributed by atoms with Crippen molar-refractivity contribution in [3.63, 3.8) is 0 Å². The van der Waals surface area contributed by atoms with Crippen LogP contribution in [0.25, 0.3) is 0 Å². The standard InChI is InChI=1S/C34H54O2/c1-11-23(5)27-19-25(21-29(31(27)35)33(7,8)13-3)17-15-16-18-26-20-28(24(6)12-2)32(36)30(22-26)34(9,10)14-4/h19-24,35-36H,11-18H2,1-10H3. The molecule has 2 atom stereocenters. The van der Waals surface area contributed by atoms with Gasteiger partial charge >= 0.3 is 0 Å². The number of aromatic hydroxyl groups is 2. The van der Waals surface area contributed by atoms with Gasteiger partial charge in [0.1, 0.15) is 11.5 Å². The second-order valence-electron chi connectivity index (χ2n) is 12.5. The van der Waals surface area contributed by atoms with Crippen molar-refractivity contribution in [2.75, 3.05) is 0 Å². The molecule has 0 saturated heterocycles. The molecule has 2 heteroatoms. The molecule has 0 saturated carbocycles. The first kappa shape index (κ1) is 30.3. The fourth-order valence-electron chi connectivity index (χ4n) is 4.99. The number of aryl methyl sites for hydroxylation is 2. The molecule has 0 spiro atoms. The van der Waals surface area contributed by atoms with E-state index >= 15 is 0 Å². The van der Waals surface area contributed by atoms with E-state index < -0.39 is 0 Å². The lowest BCUT2D eigenvalue weighted by atomic mass is 9.78. The molecule has 0 bridgehead atoms. The third kappa shape index (κ3) is 6.87. The minimum atomic E-state index is -0.0385. The molecule has 202 valence electrons. The maximum absolute atomic E-state index is 11.1. The lowest BCUT2D eigenvalue weighted by Gasteiger charge is -2.28. The molecule has 2 unspecified atom stereocenters. The zero-order valence-electron chi connectivity index (χ0n) is 25.0. The first-order valence-corrected chi connectivity index (χ1v) is 14.5. The van der Waals surface area contributed by atoms with Crippen LogP contribution in [-0.4, -0.2) is 10.2 Å². The topological polar surface area (TPSA) is 40.5 Å². The second kappa shape index (κ2) is 12.5. The van der Waals surface area contributed by atoms with Crippen LogP contribution in [0, 0.1) is 0 Å². The van der Waals surface area contributed by atoms with Crippen LogP contribution in [0.15, 0.2) is 24.3 Å². The second-order valence-corrected chi connectivity index (χ2v) is 12.5. The summed E-state index contributed by atoms with van der Waals surface area (Å²) >= 11 is 0. The van der Waals surface area contributed by atoms with Crippen LogP contribution < -0.4 is 0 Å². The Balaban J connectivity index is 2.27. The van der Waals surface area contributed by atoms with E-state index in [1.54, 1.807) is 0 Å². The minimum Gasteiger partial charge on any atom is -0.507 e. The van der Waals surface area contributed by atoms with Crippen molar-refractivity contribution < 1.29 is 10.2 Å². The smallest absolute Gasteiger partial charge is 0.122 e. The molecule has 2 aromatic rings. The highest BCUT2D eigenvalue weighted by Crippen LogP contribution is 2.42. The zero-order valence-corrected chi connectivity index (χ0v) is 25.0. The molecule has 36 heavy (non-hydrogen) atoms. The zero-order chi connectivity index (χ0) is 27.3. The molecule has 0 radical (unpaired) electrons. The van der Waals surface area contributed by atoms with Gasteiger partial charge in [-0.05, 0) is 96.3 Å². The average molecular weight is 495 g/mol. The molecule has 0 aromatic heterocycles. The summed E-state index contributed by atoms with van der Waals surface area (Å²) in [5.74, 6) is 1.72. The molecule has 2 rings (SSSR count). The van der Waals surface area contributed by atoms with Crippen molar-refractivity contribution in [3.8, 4) is 11.5 Å². The highest BCUT2D eigenvalue weighted by atomic mass is 16.3. The van der Waals surface area contributed by atoms with Gasteiger partial charge in [-0.25, -0.2) is 0 Å². The van der Waals surface area contributed by atoms with E-state index in [4.69, 9.17) is 0 Å². The first-order chi connectivity index (χ1) is 16.8. The van der Waals surface area contributed by atoms with Gasteiger partial charge in [0.05, 0.1) is 0 Å². The summed E-state index contributed by atoms with van der Waals surface area (Å²) in [4.78, 5) is 0. The molecule has 0 fully saturated rings. The van der Waals surface area contributed by atoms with Gasteiger partial charge in [-0.1, -0.05) is 93.5 Å². The monoisotopic (exact) mass is 494 g/mol. The quantitative estimate of drug-likeness (QED) is 0.272. The molecule has 0 heterocycles. The number of rotatable bonds is 13. The fourth-order valence-corrected chi connectivity index (χ4v) is 4.99. The van der Waals surface area contributed by atoms with Crippen molar-refractivity contribution in [1.82, 2.24) is 0 Å². The number of unbranched alkanes of at least 4 members (excludes halogenated alkanes) is 1. The van der Waals surface area contributed by atoms with E-state index in [1.807, 2.05) is 0 Å². The van der Waals surface area contributed by atoms with Crippen molar-refractivity contribution >= 4 is 0 Å². The van der Waals surface area contributed by atoms with Crippen LogP contribution in [0.5, 0.6) is 11.5 Å². The van der Waals surface area contributed by atoms with Gasteiger partial charge in [-0.15, -0.1) is 0 Å². The van der Waals surface area contributed by atoms with Gasteiger partial charge in [-0.2, -0.15) is 0 Å². The number of phenols is 2. The minimum absolute atomic E-state index is 0.0385. The molecule has 0 aliphatic carbocycles. The molecule has 2 N–H and O–H groups in total. The Morgan fingerprint density at radius 2 is 0.944 bits per heavy atom. The van der Waals surface area contributed by atoms with Gasteiger partial charge in [0.15, 0.2) is 0 Å². The SMILES string of the molecule is CCC(C)c1cc(CCCCc2cc(C(C)CC)c(O)c(C(C)(C)CC)c2)cc(C(C)(C)CC)c1O. The fraction of sp³-hybridized carbons (Fsp3) is 0.647. The largest absolute Gasteiger partial charge is 0.507 e. The van der Waals surface area contributed by atoms with Crippen molar-refractivity contribution in [2.24, 2.45) is 0 Å². The third-order valence-electron chi connectivity index (χ3n) is 9.09. The van der Waals surface area contributed by atoms with E-state index in [0.717, 1.165) is 73.6 Å². The third-order valence-corrected chi connectivity index (χ3v) is 9.09. The summed E-state index contributed by atoms with van der Waals surface area (Å²) in [7, 11) is 0. The molecule has 2 nitrogen and oxygen atoms in total. The molecule has 0 amide bonds. The molecular weight excluding hydrogens is 440 g/mol.